The predicted octanol–water partition coefficient (Wildman–Crippen LogP) is 2.36. The summed E-state index contributed by atoms with van der Waals surface area (Å²) in [6.07, 6.45) is 5.62. The summed E-state index contributed by atoms with van der Waals surface area (Å²) in [4.78, 5) is 2.79. The van der Waals surface area contributed by atoms with Crippen molar-refractivity contribution in [2.45, 2.75) is 64.4 Å². The number of hydrogen-bond donors (Lipinski definition) is 0. The Morgan fingerprint density at radius 3 is 2.29 bits per heavy atom. The summed E-state index contributed by atoms with van der Waals surface area (Å²) in [7, 11) is -3.44. The Hall–Kier alpha value is -0.920. The minimum absolute atomic E-state index is 0.425. The molecule has 0 aromatic carbocycles. The van der Waals surface area contributed by atoms with Crippen molar-refractivity contribution in [1.82, 2.24) is 19.0 Å². The summed E-state index contributed by atoms with van der Waals surface area (Å²) in [5.41, 5.74) is 1.40. The fourth-order valence-electron chi connectivity index (χ4n) is 3.84. The maximum absolute atomic E-state index is 13.1. The highest BCUT2D eigenvalue weighted by molar-refractivity contribution is 7.89. The van der Waals surface area contributed by atoms with Gasteiger partial charge >= 0.3 is 0 Å². The molecule has 0 atom stereocenters. The molecule has 24 heavy (non-hydrogen) atoms. The molecule has 0 unspecified atom stereocenters. The molecule has 136 valence electrons. The molecule has 2 saturated heterocycles. The van der Waals surface area contributed by atoms with Gasteiger partial charge in [-0.05, 0) is 58.5 Å². The smallest absolute Gasteiger partial charge is 0.246 e. The lowest BCUT2D eigenvalue weighted by atomic mass is 10.0. The Bertz CT molecular complexity index is 669. The van der Waals surface area contributed by atoms with Crippen molar-refractivity contribution in [2.24, 2.45) is 5.92 Å². The van der Waals surface area contributed by atoms with Gasteiger partial charge in [0.1, 0.15) is 4.90 Å². The number of aryl methyl sites for hydroxylation is 1. The number of hydrogen-bond acceptors (Lipinski definition) is 4. The summed E-state index contributed by atoms with van der Waals surface area (Å²) in [5, 5.41) is 4.55. The van der Waals surface area contributed by atoms with Gasteiger partial charge in [-0.2, -0.15) is 9.40 Å². The Kier molecular flexibility index (Phi) is 5.32. The highest BCUT2D eigenvalue weighted by Crippen LogP contribution is 2.27. The van der Waals surface area contributed by atoms with Crippen molar-refractivity contribution < 1.29 is 8.42 Å². The molecule has 2 fully saturated rings. The van der Waals surface area contributed by atoms with E-state index in [0.717, 1.165) is 31.6 Å². The third kappa shape index (κ3) is 3.53. The molecular weight excluding hydrogens is 324 g/mol. The maximum Gasteiger partial charge on any atom is 0.246 e. The van der Waals surface area contributed by atoms with E-state index in [0.29, 0.717) is 36.3 Å². The van der Waals surface area contributed by atoms with Crippen molar-refractivity contribution in [3.8, 4) is 0 Å². The van der Waals surface area contributed by atoms with Gasteiger partial charge in [0.25, 0.3) is 0 Å². The number of nitrogens with zero attached hydrogens (tertiary/aromatic N) is 4. The van der Waals surface area contributed by atoms with Crippen molar-refractivity contribution in [1.29, 1.82) is 0 Å². The summed E-state index contributed by atoms with van der Waals surface area (Å²) in [6, 6.07) is 0. The Balaban J connectivity index is 1.82. The highest BCUT2D eigenvalue weighted by Gasteiger charge is 2.33. The van der Waals surface area contributed by atoms with Gasteiger partial charge < -0.3 is 0 Å². The first kappa shape index (κ1) is 17.9. The molecule has 3 heterocycles. The van der Waals surface area contributed by atoms with E-state index < -0.39 is 10.0 Å². The quantitative estimate of drug-likeness (QED) is 0.833. The zero-order chi connectivity index (χ0) is 17.3. The van der Waals surface area contributed by atoms with Crippen molar-refractivity contribution in [2.75, 3.05) is 26.2 Å². The number of likely N-dealkylation sites (tertiary alicyclic amines) is 1. The summed E-state index contributed by atoms with van der Waals surface area (Å²) < 4.78 is 29.7. The average molecular weight is 355 g/mol. The Labute approximate surface area is 145 Å². The second kappa shape index (κ2) is 7.14. The van der Waals surface area contributed by atoms with Gasteiger partial charge in [0.05, 0.1) is 18.1 Å². The lowest BCUT2D eigenvalue weighted by Crippen LogP contribution is -2.38. The van der Waals surface area contributed by atoms with E-state index in [2.05, 4.69) is 16.9 Å². The zero-order valence-corrected chi connectivity index (χ0v) is 16.0. The van der Waals surface area contributed by atoms with Crippen LogP contribution in [-0.2, 0) is 16.7 Å². The van der Waals surface area contributed by atoms with Crippen LogP contribution in [0, 0.1) is 19.8 Å². The molecule has 1 aromatic rings. The van der Waals surface area contributed by atoms with Gasteiger partial charge in [-0.3, -0.25) is 9.58 Å². The van der Waals surface area contributed by atoms with E-state index in [1.165, 1.54) is 19.3 Å². The minimum atomic E-state index is -3.44. The molecule has 7 heteroatoms. The third-order valence-corrected chi connectivity index (χ3v) is 7.59. The van der Waals surface area contributed by atoms with Crippen LogP contribution in [0.3, 0.4) is 0 Å². The Morgan fingerprint density at radius 1 is 1.04 bits per heavy atom. The molecule has 0 aliphatic carbocycles. The summed E-state index contributed by atoms with van der Waals surface area (Å²) in [5.74, 6) is 0.612. The summed E-state index contributed by atoms with van der Waals surface area (Å²) >= 11 is 0. The lowest BCUT2D eigenvalue weighted by Gasteiger charge is -2.29. The van der Waals surface area contributed by atoms with Crippen molar-refractivity contribution >= 4 is 10.0 Å². The normalized spacial score (nSPS) is 22.1. The number of rotatable bonds is 4. The van der Waals surface area contributed by atoms with Crippen LogP contribution in [0.2, 0.25) is 0 Å². The van der Waals surface area contributed by atoms with Gasteiger partial charge in [0.15, 0.2) is 0 Å². The fraction of sp³-hybridized carbons (Fsp3) is 0.824. The molecule has 1 aromatic heterocycles. The van der Waals surface area contributed by atoms with Crippen molar-refractivity contribution in [3.63, 3.8) is 0 Å². The Morgan fingerprint density at radius 2 is 1.67 bits per heavy atom. The third-order valence-electron chi connectivity index (χ3n) is 5.44. The molecule has 2 aliphatic rings. The lowest BCUT2D eigenvalue weighted by molar-refractivity contribution is 0.171. The van der Waals surface area contributed by atoms with E-state index >= 15 is 0 Å². The minimum Gasteiger partial charge on any atom is -0.284 e. The van der Waals surface area contributed by atoms with Crippen LogP contribution in [0.25, 0.3) is 0 Å². The first-order chi connectivity index (χ1) is 11.4. The standard InChI is InChI=1S/C17H30N4O2S/c1-14-7-11-20(12-8-14)24(22,23)17-15(2)18-21(16(17)3)13-19-9-5-4-6-10-19/h14H,4-13H2,1-3H3. The van der Waals surface area contributed by atoms with Crippen LogP contribution in [0.15, 0.2) is 4.90 Å². The van der Waals surface area contributed by atoms with Crippen LogP contribution in [0.1, 0.15) is 50.4 Å². The van der Waals surface area contributed by atoms with E-state index in [9.17, 15) is 8.42 Å². The van der Waals surface area contributed by atoms with E-state index in [1.807, 2.05) is 18.5 Å². The first-order valence-electron chi connectivity index (χ1n) is 9.16. The SMILES string of the molecule is Cc1nn(CN2CCCCC2)c(C)c1S(=O)(=O)N1CCC(C)CC1. The topological polar surface area (TPSA) is 58.4 Å². The molecule has 2 aliphatic heterocycles. The van der Waals surface area contributed by atoms with E-state index in [-0.39, 0.29) is 0 Å². The monoisotopic (exact) mass is 354 g/mol. The summed E-state index contributed by atoms with van der Waals surface area (Å²) in [6.45, 7) is 9.99. The van der Waals surface area contributed by atoms with Crippen LogP contribution < -0.4 is 0 Å². The molecule has 0 spiro atoms. The van der Waals surface area contributed by atoms with Crippen LogP contribution in [-0.4, -0.2) is 53.6 Å². The number of sulfonamides is 1. The molecule has 0 bridgehead atoms. The van der Waals surface area contributed by atoms with Crippen LogP contribution in [0.5, 0.6) is 0 Å². The molecule has 6 nitrogen and oxygen atoms in total. The molecule has 0 N–H and O–H groups in total. The second-order valence-electron chi connectivity index (χ2n) is 7.41. The molecule has 0 amide bonds. The first-order valence-corrected chi connectivity index (χ1v) is 10.6. The number of piperidine rings is 2. The predicted molar refractivity (Wildman–Crippen MR) is 94.3 cm³/mol. The molecule has 0 radical (unpaired) electrons. The van der Waals surface area contributed by atoms with Crippen LogP contribution in [0.4, 0.5) is 0 Å². The second-order valence-corrected chi connectivity index (χ2v) is 9.28. The molecule has 0 saturated carbocycles. The van der Waals surface area contributed by atoms with Gasteiger partial charge in [-0.1, -0.05) is 13.3 Å². The number of aromatic nitrogens is 2. The van der Waals surface area contributed by atoms with E-state index in [4.69, 9.17) is 0 Å². The fourth-order valence-corrected chi connectivity index (χ4v) is 5.68. The largest absolute Gasteiger partial charge is 0.284 e. The highest BCUT2D eigenvalue weighted by atomic mass is 32.2. The molecular formula is C17H30N4O2S. The zero-order valence-electron chi connectivity index (χ0n) is 15.2. The van der Waals surface area contributed by atoms with Gasteiger partial charge in [0, 0.05) is 13.1 Å². The van der Waals surface area contributed by atoms with Crippen LogP contribution >= 0.6 is 0 Å². The van der Waals surface area contributed by atoms with Crippen molar-refractivity contribution in [3.05, 3.63) is 11.4 Å². The maximum atomic E-state index is 13.1. The average Bonchev–Trinajstić information content (AvgIpc) is 2.83. The van der Waals surface area contributed by atoms with Gasteiger partial charge in [-0.25, -0.2) is 8.42 Å². The van der Waals surface area contributed by atoms with Gasteiger partial charge in [-0.15, -0.1) is 0 Å². The molecule has 3 rings (SSSR count). The van der Waals surface area contributed by atoms with E-state index in [1.54, 1.807) is 4.31 Å². The van der Waals surface area contributed by atoms with Gasteiger partial charge in [0.2, 0.25) is 10.0 Å².